The van der Waals surface area contributed by atoms with Crippen LogP contribution in [0.5, 0.6) is 0 Å². The Morgan fingerprint density at radius 1 is 1.20 bits per heavy atom. The number of carbonyl (C=O) groups is 1. The molecule has 2 rings (SSSR count). The standard InChI is InChI=1S/C15H12F4N2O4/c1-3-25-13(23)8-4-5-9(16)10(6-8)21-12(22)7-11(15(17,18)19)20(2)14(21)24/h4-7H,3H2,1-2H3. The third-order valence-electron chi connectivity index (χ3n) is 3.31. The van der Waals surface area contributed by atoms with E-state index < -0.39 is 40.6 Å². The fraction of sp³-hybridized carbons (Fsp3) is 0.267. The van der Waals surface area contributed by atoms with E-state index >= 15 is 0 Å². The number of esters is 1. The molecule has 134 valence electrons. The van der Waals surface area contributed by atoms with Crippen LogP contribution in [0.3, 0.4) is 0 Å². The maximum absolute atomic E-state index is 14.0. The molecule has 0 fully saturated rings. The van der Waals surface area contributed by atoms with E-state index in [0.717, 1.165) is 25.2 Å². The summed E-state index contributed by atoms with van der Waals surface area (Å²) in [6, 6.07) is 2.92. The zero-order valence-corrected chi connectivity index (χ0v) is 13.1. The number of benzene rings is 1. The van der Waals surface area contributed by atoms with Gasteiger partial charge in [0.15, 0.2) is 0 Å². The van der Waals surface area contributed by atoms with E-state index in [1.54, 1.807) is 6.92 Å². The number of alkyl halides is 3. The number of aromatic nitrogens is 2. The number of nitrogens with zero attached hydrogens (tertiary/aromatic N) is 2. The van der Waals surface area contributed by atoms with Crippen LogP contribution >= 0.6 is 0 Å². The van der Waals surface area contributed by atoms with Gasteiger partial charge in [0.05, 0.1) is 17.9 Å². The molecule has 0 aliphatic carbocycles. The fourth-order valence-corrected chi connectivity index (χ4v) is 2.14. The van der Waals surface area contributed by atoms with Gasteiger partial charge in [0.1, 0.15) is 11.5 Å². The predicted octanol–water partition coefficient (Wildman–Crippen LogP) is 1.87. The van der Waals surface area contributed by atoms with Crippen molar-refractivity contribution in [1.82, 2.24) is 9.13 Å². The fourth-order valence-electron chi connectivity index (χ4n) is 2.14. The van der Waals surface area contributed by atoms with Crippen LogP contribution in [0.15, 0.2) is 33.9 Å². The number of hydrogen-bond donors (Lipinski definition) is 0. The number of hydrogen-bond acceptors (Lipinski definition) is 4. The molecule has 0 atom stereocenters. The molecule has 0 saturated carbocycles. The molecule has 0 unspecified atom stereocenters. The Kier molecular flexibility index (Phi) is 4.82. The highest BCUT2D eigenvalue weighted by Gasteiger charge is 2.35. The number of ether oxygens (including phenoxy) is 1. The van der Waals surface area contributed by atoms with Gasteiger partial charge in [0.2, 0.25) is 0 Å². The normalized spacial score (nSPS) is 11.4. The average Bonchev–Trinajstić information content (AvgIpc) is 2.51. The van der Waals surface area contributed by atoms with Crippen molar-refractivity contribution in [3.8, 4) is 5.69 Å². The largest absolute Gasteiger partial charge is 0.462 e. The van der Waals surface area contributed by atoms with Crippen molar-refractivity contribution in [3.63, 3.8) is 0 Å². The first-order valence-electron chi connectivity index (χ1n) is 6.95. The molecular formula is C15H12F4N2O4. The molecule has 0 N–H and O–H groups in total. The molecule has 25 heavy (non-hydrogen) atoms. The SMILES string of the molecule is CCOC(=O)c1ccc(F)c(-n2c(=O)cc(C(F)(F)F)n(C)c2=O)c1. The molecule has 1 heterocycles. The molecule has 0 aliphatic heterocycles. The lowest BCUT2D eigenvalue weighted by Gasteiger charge is -2.14. The molecular weight excluding hydrogens is 348 g/mol. The van der Waals surface area contributed by atoms with Crippen molar-refractivity contribution in [2.45, 2.75) is 13.1 Å². The van der Waals surface area contributed by atoms with Crippen molar-refractivity contribution >= 4 is 5.97 Å². The molecule has 0 spiro atoms. The van der Waals surface area contributed by atoms with Gasteiger partial charge in [-0.1, -0.05) is 0 Å². The maximum Gasteiger partial charge on any atom is 0.431 e. The number of carbonyl (C=O) groups excluding carboxylic acids is 1. The van der Waals surface area contributed by atoms with E-state index in [2.05, 4.69) is 0 Å². The second-order valence-corrected chi connectivity index (χ2v) is 4.93. The Balaban J connectivity index is 2.74. The van der Waals surface area contributed by atoms with Gasteiger partial charge in [-0.2, -0.15) is 13.2 Å². The van der Waals surface area contributed by atoms with Crippen LogP contribution in [0, 0.1) is 5.82 Å². The topological polar surface area (TPSA) is 70.3 Å². The van der Waals surface area contributed by atoms with Gasteiger partial charge in [0, 0.05) is 13.1 Å². The summed E-state index contributed by atoms with van der Waals surface area (Å²) in [7, 11) is 0.800. The predicted molar refractivity (Wildman–Crippen MR) is 78.2 cm³/mol. The highest BCUT2D eigenvalue weighted by molar-refractivity contribution is 5.90. The highest BCUT2D eigenvalue weighted by Crippen LogP contribution is 2.27. The average molecular weight is 360 g/mol. The highest BCUT2D eigenvalue weighted by atomic mass is 19.4. The first kappa shape index (κ1) is 18.4. The summed E-state index contributed by atoms with van der Waals surface area (Å²) in [6.07, 6.45) is -4.93. The first-order valence-corrected chi connectivity index (χ1v) is 6.95. The Labute approximate surface area is 137 Å². The van der Waals surface area contributed by atoms with Crippen LogP contribution < -0.4 is 11.2 Å². The van der Waals surface area contributed by atoms with Crippen LogP contribution in [-0.2, 0) is 18.0 Å². The molecule has 2 aromatic rings. The third-order valence-corrected chi connectivity index (χ3v) is 3.31. The van der Waals surface area contributed by atoms with Gasteiger partial charge in [-0.05, 0) is 25.1 Å². The summed E-state index contributed by atoms with van der Waals surface area (Å²) in [5.41, 5.74) is -5.06. The molecule has 0 aliphatic rings. The van der Waals surface area contributed by atoms with Crippen molar-refractivity contribution in [3.05, 3.63) is 62.2 Å². The van der Waals surface area contributed by atoms with E-state index in [0.29, 0.717) is 0 Å². The van der Waals surface area contributed by atoms with E-state index in [1.807, 2.05) is 0 Å². The number of halogens is 4. The monoisotopic (exact) mass is 360 g/mol. The first-order chi connectivity index (χ1) is 11.6. The van der Waals surface area contributed by atoms with Crippen molar-refractivity contribution < 1.29 is 27.1 Å². The summed E-state index contributed by atoms with van der Waals surface area (Å²) in [4.78, 5) is 35.8. The van der Waals surface area contributed by atoms with Crippen LogP contribution in [0.2, 0.25) is 0 Å². The summed E-state index contributed by atoms with van der Waals surface area (Å²) in [6.45, 7) is 1.58. The van der Waals surface area contributed by atoms with Crippen LogP contribution in [0.4, 0.5) is 17.6 Å². The second kappa shape index (κ2) is 6.54. The van der Waals surface area contributed by atoms with Crippen LogP contribution in [-0.4, -0.2) is 21.7 Å². The minimum atomic E-state index is -4.93. The van der Waals surface area contributed by atoms with E-state index in [-0.39, 0.29) is 27.4 Å². The Hall–Kier alpha value is -2.91. The van der Waals surface area contributed by atoms with Crippen molar-refractivity contribution in [2.75, 3.05) is 6.61 Å². The van der Waals surface area contributed by atoms with E-state index in [1.165, 1.54) is 0 Å². The lowest BCUT2D eigenvalue weighted by Crippen LogP contribution is -2.41. The minimum Gasteiger partial charge on any atom is -0.462 e. The van der Waals surface area contributed by atoms with Crippen LogP contribution in [0.25, 0.3) is 5.69 Å². The molecule has 1 aromatic carbocycles. The van der Waals surface area contributed by atoms with Crippen LogP contribution in [0.1, 0.15) is 23.0 Å². The Morgan fingerprint density at radius 2 is 1.84 bits per heavy atom. The Morgan fingerprint density at radius 3 is 2.40 bits per heavy atom. The Bertz CT molecular complexity index is 944. The summed E-state index contributed by atoms with van der Waals surface area (Å²) in [5.74, 6) is -1.90. The zero-order chi connectivity index (χ0) is 18.9. The maximum atomic E-state index is 14.0. The van der Waals surface area contributed by atoms with E-state index in [4.69, 9.17) is 4.74 Å². The third kappa shape index (κ3) is 3.47. The van der Waals surface area contributed by atoms with Gasteiger partial charge >= 0.3 is 17.8 Å². The second-order valence-electron chi connectivity index (χ2n) is 4.93. The molecule has 0 amide bonds. The van der Waals surface area contributed by atoms with Gasteiger partial charge in [0.25, 0.3) is 5.56 Å². The molecule has 0 saturated heterocycles. The zero-order valence-electron chi connectivity index (χ0n) is 13.1. The molecule has 6 nitrogen and oxygen atoms in total. The summed E-state index contributed by atoms with van der Waals surface area (Å²) < 4.78 is 57.7. The summed E-state index contributed by atoms with van der Waals surface area (Å²) in [5, 5.41) is 0. The molecule has 1 aromatic heterocycles. The van der Waals surface area contributed by atoms with E-state index in [9.17, 15) is 31.9 Å². The van der Waals surface area contributed by atoms with Gasteiger partial charge in [-0.3, -0.25) is 9.36 Å². The quantitative estimate of drug-likeness (QED) is 0.619. The number of rotatable bonds is 3. The lowest BCUT2D eigenvalue weighted by molar-refractivity contribution is -0.144. The smallest absolute Gasteiger partial charge is 0.431 e. The molecule has 10 heteroatoms. The van der Waals surface area contributed by atoms with Crippen molar-refractivity contribution in [1.29, 1.82) is 0 Å². The minimum absolute atomic E-state index is 0.0353. The lowest BCUT2D eigenvalue weighted by atomic mass is 10.2. The molecule has 0 radical (unpaired) electrons. The summed E-state index contributed by atoms with van der Waals surface area (Å²) >= 11 is 0. The van der Waals surface area contributed by atoms with Gasteiger partial charge in [-0.25, -0.2) is 18.5 Å². The van der Waals surface area contributed by atoms with Crippen molar-refractivity contribution in [2.24, 2.45) is 7.05 Å². The van der Waals surface area contributed by atoms with Gasteiger partial charge < -0.3 is 4.74 Å². The molecule has 0 bridgehead atoms. The van der Waals surface area contributed by atoms with Gasteiger partial charge in [-0.15, -0.1) is 0 Å².